The summed E-state index contributed by atoms with van der Waals surface area (Å²) in [5.74, 6) is -0.570. The van der Waals surface area contributed by atoms with E-state index in [2.05, 4.69) is 11.4 Å². The monoisotopic (exact) mass is 250 g/mol. The summed E-state index contributed by atoms with van der Waals surface area (Å²) < 4.78 is 0. The molecule has 1 rings (SSSR count). The topological polar surface area (TPSA) is 52.9 Å². The predicted molar refractivity (Wildman–Crippen MR) is 67.7 cm³/mol. The van der Waals surface area contributed by atoms with E-state index in [1.54, 1.807) is 18.2 Å². The molecular formula is C13H15ClN2O. The number of nitrogens with zero attached hydrogens (tertiary/aromatic N) is 1. The van der Waals surface area contributed by atoms with Crippen LogP contribution in [0.4, 0.5) is 0 Å². The Morgan fingerprint density at radius 1 is 1.53 bits per heavy atom. The van der Waals surface area contributed by atoms with Crippen LogP contribution in [0.2, 0.25) is 5.02 Å². The number of halogens is 1. The number of carbonyl (C=O) groups excluding carboxylic acids is 1. The molecular weight excluding hydrogens is 236 g/mol. The zero-order valence-electron chi connectivity index (χ0n) is 9.90. The van der Waals surface area contributed by atoms with Crippen LogP contribution in [0.1, 0.15) is 31.7 Å². The van der Waals surface area contributed by atoms with E-state index in [0.717, 1.165) is 5.56 Å². The fourth-order valence-corrected chi connectivity index (χ4v) is 1.73. The van der Waals surface area contributed by atoms with Crippen LogP contribution in [0.3, 0.4) is 0 Å². The molecule has 0 aliphatic heterocycles. The molecule has 1 amide bonds. The highest BCUT2D eigenvalue weighted by molar-refractivity contribution is 6.30. The number of carbonyl (C=O) groups is 1. The fourth-order valence-electron chi connectivity index (χ4n) is 1.53. The average molecular weight is 251 g/mol. The van der Waals surface area contributed by atoms with E-state index >= 15 is 0 Å². The third-order valence-corrected chi connectivity index (χ3v) is 2.48. The summed E-state index contributed by atoms with van der Waals surface area (Å²) in [4.78, 5) is 11.6. The molecule has 0 aromatic heterocycles. The van der Waals surface area contributed by atoms with Crippen molar-refractivity contribution in [3.63, 3.8) is 0 Å². The summed E-state index contributed by atoms with van der Waals surface area (Å²) in [5, 5.41) is 12.4. The Morgan fingerprint density at radius 3 is 2.76 bits per heavy atom. The lowest BCUT2D eigenvalue weighted by Crippen LogP contribution is -2.31. The van der Waals surface area contributed by atoms with Gasteiger partial charge in [0.05, 0.1) is 12.0 Å². The van der Waals surface area contributed by atoms with Crippen molar-refractivity contribution in [2.24, 2.45) is 0 Å². The maximum Gasteiger partial charge on any atom is 0.221 e. The zero-order valence-corrected chi connectivity index (χ0v) is 10.7. The minimum Gasteiger partial charge on any atom is -0.354 e. The summed E-state index contributed by atoms with van der Waals surface area (Å²) in [6.07, 6.45) is 0.162. The highest BCUT2D eigenvalue weighted by atomic mass is 35.5. The molecule has 1 aromatic carbocycles. The molecule has 1 atom stereocenters. The lowest BCUT2D eigenvalue weighted by Gasteiger charge is -2.12. The van der Waals surface area contributed by atoms with E-state index < -0.39 is 5.92 Å². The normalized spacial score (nSPS) is 11.9. The Balaban J connectivity index is 2.73. The first-order chi connectivity index (χ1) is 8.02. The smallest absolute Gasteiger partial charge is 0.221 e. The highest BCUT2D eigenvalue weighted by Gasteiger charge is 2.16. The van der Waals surface area contributed by atoms with Gasteiger partial charge in [-0.3, -0.25) is 4.79 Å². The van der Waals surface area contributed by atoms with E-state index in [0.29, 0.717) is 5.02 Å². The molecule has 0 fully saturated rings. The molecule has 90 valence electrons. The summed E-state index contributed by atoms with van der Waals surface area (Å²) in [7, 11) is 0. The third kappa shape index (κ3) is 4.46. The molecule has 17 heavy (non-hydrogen) atoms. The van der Waals surface area contributed by atoms with Crippen molar-refractivity contribution in [2.45, 2.75) is 32.2 Å². The van der Waals surface area contributed by atoms with Crippen LogP contribution < -0.4 is 5.32 Å². The summed E-state index contributed by atoms with van der Waals surface area (Å²) in [6.45, 7) is 3.78. The Bertz CT molecular complexity index is 437. The van der Waals surface area contributed by atoms with Gasteiger partial charge in [-0.05, 0) is 31.5 Å². The summed E-state index contributed by atoms with van der Waals surface area (Å²) in [5.41, 5.74) is 0.777. The van der Waals surface area contributed by atoms with Crippen LogP contribution in [0.25, 0.3) is 0 Å². The maximum absolute atomic E-state index is 11.6. The molecule has 0 aliphatic rings. The van der Waals surface area contributed by atoms with E-state index in [1.807, 2.05) is 19.9 Å². The molecule has 1 unspecified atom stereocenters. The van der Waals surface area contributed by atoms with Gasteiger partial charge in [0.25, 0.3) is 0 Å². The summed E-state index contributed by atoms with van der Waals surface area (Å²) in [6, 6.07) is 9.27. The molecule has 4 heteroatoms. The van der Waals surface area contributed by atoms with Crippen molar-refractivity contribution < 1.29 is 4.79 Å². The van der Waals surface area contributed by atoms with Gasteiger partial charge in [0, 0.05) is 17.5 Å². The Labute approximate surface area is 106 Å². The van der Waals surface area contributed by atoms with Crippen molar-refractivity contribution in [2.75, 3.05) is 0 Å². The van der Waals surface area contributed by atoms with Crippen molar-refractivity contribution in [1.82, 2.24) is 5.32 Å². The molecule has 0 heterocycles. The predicted octanol–water partition coefficient (Wildman–Crippen LogP) is 2.86. The van der Waals surface area contributed by atoms with Gasteiger partial charge in [-0.25, -0.2) is 0 Å². The number of rotatable bonds is 4. The van der Waals surface area contributed by atoms with Crippen LogP contribution >= 0.6 is 11.6 Å². The number of hydrogen-bond acceptors (Lipinski definition) is 2. The second-order valence-electron chi connectivity index (χ2n) is 4.16. The van der Waals surface area contributed by atoms with Crippen molar-refractivity contribution >= 4 is 17.5 Å². The van der Waals surface area contributed by atoms with E-state index in [1.165, 1.54) is 0 Å². The second-order valence-corrected chi connectivity index (χ2v) is 4.60. The number of benzene rings is 1. The van der Waals surface area contributed by atoms with Gasteiger partial charge in [-0.15, -0.1) is 0 Å². The maximum atomic E-state index is 11.6. The lowest BCUT2D eigenvalue weighted by molar-refractivity contribution is -0.121. The van der Waals surface area contributed by atoms with Crippen molar-refractivity contribution in [1.29, 1.82) is 5.26 Å². The third-order valence-electron chi connectivity index (χ3n) is 2.25. The number of hydrogen-bond donors (Lipinski definition) is 1. The van der Waals surface area contributed by atoms with Crippen molar-refractivity contribution in [3.05, 3.63) is 34.9 Å². The number of nitriles is 1. The van der Waals surface area contributed by atoms with Crippen LogP contribution in [-0.2, 0) is 4.79 Å². The molecule has 0 spiro atoms. The largest absolute Gasteiger partial charge is 0.354 e. The molecule has 1 aromatic rings. The zero-order chi connectivity index (χ0) is 12.8. The standard InChI is InChI=1S/C13H15ClN2O/c1-9(2)16-13(17)7-11(8-15)10-4-3-5-12(14)6-10/h3-6,9,11H,7H2,1-2H3,(H,16,17). The van der Waals surface area contributed by atoms with Crippen LogP contribution in [-0.4, -0.2) is 11.9 Å². The Kier molecular flexibility index (Phi) is 4.99. The molecule has 0 radical (unpaired) electrons. The SMILES string of the molecule is CC(C)NC(=O)CC(C#N)c1cccc(Cl)c1. The first-order valence-electron chi connectivity index (χ1n) is 5.47. The quantitative estimate of drug-likeness (QED) is 0.893. The van der Waals surface area contributed by atoms with Gasteiger partial charge in [0.1, 0.15) is 0 Å². The second kappa shape index (κ2) is 6.27. The minimum absolute atomic E-state index is 0.0844. The first kappa shape index (κ1) is 13.5. The molecule has 3 nitrogen and oxygen atoms in total. The van der Waals surface area contributed by atoms with Crippen LogP contribution in [0.15, 0.2) is 24.3 Å². The van der Waals surface area contributed by atoms with Gasteiger partial charge < -0.3 is 5.32 Å². The fraction of sp³-hybridized carbons (Fsp3) is 0.385. The lowest BCUT2D eigenvalue weighted by atomic mass is 9.97. The first-order valence-corrected chi connectivity index (χ1v) is 5.85. The van der Waals surface area contributed by atoms with E-state index in [-0.39, 0.29) is 18.4 Å². The number of nitrogens with one attached hydrogen (secondary N) is 1. The number of amides is 1. The molecule has 0 saturated carbocycles. The van der Waals surface area contributed by atoms with E-state index in [9.17, 15) is 4.79 Å². The van der Waals surface area contributed by atoms with Crippen LogP contribution in [0, 0.1) is 11.3 Å². The highest BCUT2D eigenvalue weighted by Crippen LogP contribution is 2.21. The van der Waals surface area contributed by atoms with Gasteiger partial charge >= 0.3 is 0 Å². The molecule has 1 N–H and O–H groups in total. The van der Waals surface area contributed by atoms with Gasteiger partial charge in [0.15, 0.2) is 0 Å². The Hall–Kier alpha value is -1.53. The van der Waals surface area contributed by atoms with Crippen molar-refractivity contribution in [3.8, 4) is 6.07 Å². The molecule has 0 bridgehead atoms. The Morgan fingerprint density at radius 2 is 2.24 bits per heavy atom. The molecule has 0 aliphatic carbocycles. The van der Waals surface area contributed by atoms with E-state index in [4.69, 9.17) is 16.9 Å². The van der Waals surface area contributed by atoms with Gasteiger partial charge in [-0.2, -0.15) is 5.26 Å². The van der Waals surface area contributed by atoms with Gasteiger partial charge in [-0.1, -0.05) is 23.7 Å². The van der Waals surface area contributed by atoms with Gasteiger partial charge in [0.2, 0.25) is 5.91 Å². The minimum atomic E-state index is -0.451. The average Bonchev–Trinajstić information content (AvgIpc) is 2.24. The van der Waals surface area contributed by atoms with Crippen LogP contribution in [0.5, 0.6) is 0 Å². The summed E-state index contributed by atoms with van der Waals surface area (Å²) >= 11 is 5.86. The molecule has 0 saturated heterocycles.